The second-order valence-electron chi connectivity index (χ2n) is 7.75. The molecule has 0 saturated carbocycles. The Balaban J connectivity index is 0.00000140. The number of fused-ring (bicyclic) bond motifs is 2. The van der Waals surface area contributed by atoms with Gasteiger partial charge >= 0.3 is 0 Å². The molecule has 0 radical (unpaired) electrons. The van der Waals surface area contributed by atoms with E-state index < -0.39 is 11.9 Å². The highest BCUT2D eigenvalue weighted by Crippen LogP contribution is 2.52. The average Bonchev–Trinajstić information content (AvgIpc) is 3.24. The van der Waals surface area contributed by atoms with E-state index in [0.29, 0.717) is 5.56 Å². The smallest absolute Gasteiger partial charge is 0.141 e. The second-order valence-corrected chi connectivity index (χ2v) is 7.75. The van der Waals surface area contributed by atoms with Crippen molar-refractivity contribution in [3.8, 4) is 5.75 Å². The zero-order valence-electron chi connectivity index (χ0n) is 15.9. The molecule has 1 aromatic carbocycles. The van der Waals surface area contributed by atoms with Crippen molar-refractivity contribution in [2.24, 2.45) is 0 Å². The summed E-state index contributed by atoms with van der Waals surface area (Å²) in [6.07, 6.45) is 7.95. The van der Waals surface area contributed by atoms with Gasteiger partial charge < -0.3 is 15.2 Å². The van der Waals surface area contributed by atoms with Gasteiger partial charge in [-0.05, 0) is 62.3 Å². The Morgan fingerprint density at radius 3 is 2.43 bits per heavy atom. The molecule has 4 nitrogen and oxygen atoms in total. The van der Waals surface area contributed by atoms with E-state index in [4.69, 9.17) is 4.74 Å². The Kier molecular flexibility index (Phi) is 7.32. The molecule has 0 amide bonds. The Labute approximate surface area is 177 Å². The van der Waals surface area contributed by atoms with Crippen LogP contribution in [0.3, 0.4) is 0 Å². The van der Waals surface area contributed by atoms with E-state index in [-0.39, 0.29) is 35.9 Å². The summed E-state index contributed by atoms with van der Waals surface area (Å²) < 4.78 is 18.7. The monoisotopic (exact) mass is 428 g/mol. The molecular formula is C21H27Cl2FN2O2. The molecule has 1 aromatic heterocycles. The van der Waals surface area contributed by atoms with Crippen molar-refractivity contribution in [1.82, 2.24) is 10.3 Å². The van der Waals surface area contributed by atoms with Crippen LogP contribution in [0.15, 0.2) is 42.7 Å². The lowest BCUT2D eigenvalue weighted by molar-refractivity contribution is 0.0730. The molecule has 2 bridgehead atoms. The molecule has 0 aliphatic carbocycles. The van der Waals surface area contributed by atoms with Gasteiger partial charge in [-0.3, -0.25) is 4.98 Å². The fourth-order valence-corrected chi connectivity index (χ4v) is 4.68. The van der Waals surface area contributed by atoms with Crippen LogP contribution in [0.2, 0.25) is 0 Å². The fraction of sp³-hybridized carbons (Fsp3) is 0.476. The molecule has 4 rings (SSSR count). The van der Waals surface area contributed by atoms with Crippen molar-refractivity contribution < 1.29 is 14.2 Å². The van der Waals surface area contributed by atoms with Gasteiger partial charge in [-0.2, -0.15) is 0 Å². The van der Waals surface area contributed by atoms with Crippen LogP contribution in [0.1, 0.15) is 49.3 Å². The zero-order chi connectivity index (χ0) is 18.2. The molecule has 28 heavy (non-hydrogen) atoms. The van der Waals surface area contributed by atoms with Crippen LogP contribution in [0, 0.1) is 5.82 Å². The number of nitrogens with zero attached hydrogens (tertiary/aromatic N) is 1. The molecule has 2 aliphatic heterocycles. The minimum atomic E-state index is -0.726. The van der Waals surface area contributed by atoms with Crippen LogP contribution in [0.4, 0.5) is 4.39 Å². The molecule has 2 saturated heterocycles. The number of ether oxygens (including phenoxy) is 1. The minimum Gasteiger partial charge on any atom is -0.497 e. The molecule has 7 heteroatoms. The number of pyridine rings is 1. The Morgan fingerprint density at radius 1 is 1.14 bits per heavy atom. The number of hydrogen-bond donors (Lipinski definition) is 2. The van der Waals surface area contributed by atoms with E-state index in [1.807, 2.05) is 12.1 Å². The first kappa shape index (κ1) is 22.9. The molecule has 3 heterocycles. The first-order valence-electron chi connectivity index (χ1n) is 9.25. The van der Waals surface area contributed by atoms with Gasteiger partial charge in [0.15, 0.2) is 0 Å². The quantitative estimate of drug-likeness (QED) is 0.715. The van der Waals surface area contributed by atoms with Gasteiger partial charge in [-0.25, -0.2) is 4.39 Å². The summed E-state index contributed by atoms with van der Waals surface area (Å²) in [7, 11) is 1.67. The van der Waals surface area contributed by atoms with E-state index >= 15 is 0 Å². The largest absolute Gasteiger partial charge is 0.497 e. The van der Waals surface area contributed by atoms with Gasteiger partial charge in [-0.15, -0.1) is 24.8 Å². The maximum Gasteiger partial charge on any atom is 0.141 e. The van der Waals surface area contributed by atoms with E-state index in [1.54, 1.807) is 13.3 Å². The first-order chi connectivity index (χ1) is 12.5. The summed E-state index contributed by atoms with van der Waals surface area (Å²) in [6, 6.07) is 9.60. The van der Waals surface area contributed by atoms with E-state index in [2.05, 4.69) is 22.4 Å². The maximum absolute atomic E-state index is 13.5. The molecular weight excluding hydrogens is 402 g/mol. The predicted octanol–water partition coefficient (Wildman–Crippen LogP) is 4.39. The molecule has 1 atom stereocenters. The van der Waals surface area contributed by atoms with E-state index in [0.717, 1.165) is 44.3 Å². The third-order valence-electron chi connectivity index (χ3n) is 6.23. The van der Waals surface area contributed by atoms with Crippen LogP contribution < -0.4 is 10.1 Å². The highest BCUT2D eigenvalue weighted by atomic mass is 35.5. The molecule has 2 aliphatic rings. The Morgan fingerprint density at radius 2 is 1.82 bits per heavy atom. The zero-order valence-corrected chi connectivity index (χ0v) is 17.5. The molecule has 2 aromatic rings. The highest BCUT2D eigenvalue weighted by Gasteiger charge is 2.56. The topological polar surface area (TPSA) is 54.4 Å². The normalized spacial score (nSPS) is 26.2. The fourth-order valence-electron chi connectivity index (χ4n) is 4.68. The van der Waals surface area contributed by atoms with Gasteiger partial charge in [0.05, 0.1) is 19.4 Å². The van der Waals surface area contributed by atoms with Crippen molar-refractivity contribution in [2.75, 3.05) is 7.11 Å². The number of methoxy groups -OCH3 is 1. The lowest BCUT2D eigenvalue weighted by atomic mass is 9.76. The average molecular weight is 429 g/mol. The first-order valence-corrected chi connectivity index (χ1v) is 9.25. The van der Waals surface area contributed by atoms with Crippen LogP contribution in [-0.4, -0.2) is 28.3 Å². The summed E-state index contributed by atoms with van der Waals surface area (Å²) in [4.78, 5) is 3.89. The molecule has 2 N–H and O–H groups in total. The number of aliphatic hydroxyl groups is 1. The van der Waals surface area contributed by atoms with E-state index in [9.17, 15) is 9.50 Å². The number of aromatic nitrogens is 1. The van der Waals surface area contributed by atoms with Crippen molar-refractivity contribution in [1.29, 1.82) is 0 Å². The number of aryl methyl sites for hydroxylation is 1. The number of benzene rings is 1. The van der Waals surface area contributed by atoms with Crippen LogP contribution in [0.25, 0.3) is 0 Å². The van der Waals surface area contributed by atoms with Crippen molar-refractivity contribution in [3.05, 3.63) is 59.7 Å². The standard InChI is InChI=1S/C21H25FN2O2.2ClH/c1-26-18-4-2-15(3-5-18)6-7-20-8-10-21(24-20,11-9-20)19(25)16-12-17(22)14-23-13-16;;/h2-5,12-14,19,24-25H,6-11H2,1H3;2*1H. The van der Waals surface area contributed by atoms with Crippen molar-refractivity contribution >= 4 is 24.8 Å². The Hall–Kier alpha value is -1.40. The lowest BCUT2D eigenvalue weighted by Gasteiger charge is -2.32. The summed E-state index contributed by atoms with van der Waals surface area (Å²) in [5.41, 5.74) is 1.57. The molecule has 0 spiro atoms. The molecule has 2 fully saturated rings. The number of hydrogen-bond acceptors (Lipinski definition) is 4. The summed E-state index contributed by atoms with van der Waals surface area (Å²) >= 11 is 0. The minimum absolute atomic E-state index is 0. The summed E-state index contributed by atoms with van der Waals surface area (Å²) in [5, 5.41) is 14.6. The maximum atomic E-state index is 13.5. The van der Waals surface area contributed by atoms with Crippen molar-refractivity contribution in [3.63, 3.8) is 0 Å². The van der Waals surface area contributed by atoms with Crippen LogP contribution in [-0.2, 0) is 6.42 Å². The lowest BCUT2D eigenvalue weighted by Crippen LogP contribution is -2.46. The Bertz CT molecular complexity index is 780. The molecule has 154 valence electrons. The van der Waals surface area contributed by atoms with Gasteiger partial charge in [0.25, 0.3) is 0 Å². The van der Waals surface area contributed by atoms with Crippen LogP contribution in [0.5, 0.6) is 5.75 Å². The summed E-state index contributed by atoms with van der Waals surface area (Å²) in [5.74, 6) is 0.470. The van der Waals surface area contributed by atoms with Gasteiger partial charge in [0.2, 0.25) is 0 Å². The second kappa shape index (κ2) is 8.95. The number of aliphatic hydroxyl groups excluding tert-OH is 1. The van der Waals surface area contributed by atoms with Crippen molar-refractivity contribution in [2.45, 2.75) is 55.7 Å². The highest BCUT2D eigenvalue weighted by molar-refractivity contribution is 5.85. The SMILES string of the molecule is COc1ccc(CCC23CCC(C(O)c4cncc(F)c4)(CC2)N3)cc1.Cl.Cl. The van der Waals surface area contributed by atoms with Gasteiger partial charge in [-0.1, -0.05) is 12.1 Å². The summed E-state index contributed by atoms with van der Waals surface area (Å²) in [6.45, 7) is 0. The van der Waals surface area contributed by atoms with Gasteiger partial charge in [0, 0.05) is 22.8 Å². The molecule has 1 unspecified atom stereocenters. The van der Waals surface area contributed by atoms with E-state index in [1.165, 1.54) is 17.8 Å². The number of halogens is 3. The third-order valence-corrected chi connectivity index (χ3v) is 6.23. The van der Waals surface area contributed by atoms with Crippen LogP contribution >= 0.6 is 24.8 Å². The number of nitrogens with one attached hydrogen (secondary N) is 1. The number of rotatable bonds is 6. The predicted molar refractivity (Wildman–Crippen MR) is 112 cm³/mol. The third kappa shape index (κ3) is 4.28. The van der Waals surface area contributed by atoms with Gasteiger partial charge in [0.1, 0.15) is 11.6 Å².